The Bertz CT molecular complexity index is 1180. The van der Waals surface area contributed by atoms with Crippen molar-refractivity contribution in [1.82, 2.24) is 0 Å². The van der Waals surface area contributed by atoms with E-state index in [1.807, 2.05) is 0 Å². The van der Waals surface area contributed by atoms with E-state index in [2.05, 4.69) is 9.84 Å². The smallest absolute Gasteiger partial charge is 0.416 e. The molecule has 0 aliphatic heterocycles. The minimum Gasteiger partial charge on any atom is -0.452 e. The predicted molar refractivity (Wildman–Crippen MR) is 116 cm³/mol. The molecule has 1 amide bonds. The lowest BCUT2D eigenvalue weighted by atomic mass is 10.2. The quantitative estimate of drug-likeness (QED) is 0.180. The molecule has 0 N–H and O–H groups in total. The van der Waals surface area contributed by atoms with Crippen molar-refractivity contribution >= 4 is 23.8 Å². The third-order valence-corrected chi connectivity index (χ3v) is 4.42. The molecule has 182 valence electrons. The van der Waals surface area contributed by atoms with Gasteiger partial charge in [0.15, 0.2) is 6.61 Å². The number of esters is 1. The van der Waals surface area contributed by atoms with E-state index in [1.165, 1.54) is 12.3 Å². The molecule has 0 radical (unpaired) electrons. The number of hydrogen-bond donors (Lipinski definition) is 0. The fourth-order valence-electron chi connectivity index (χ4n) is 2.80. The van der Waals surface area contributed by atoms with Crippen molar-refractivity contribution in [2.24, 2.45) is 5.10 Å². The fourth-order valence-corrected chi connectivity index (χ4v) is 2.80. The number of carbonyl (C=O) groups excluding carboxylic acids is 2. The third-order valence-electron chi connectivity index (χ3n) is 4.42. The van der Waals surface area contributed by atoms with Crippen molar-refractivity contribution in [2.75, 3.05) is 11.6 Å². The highest BCUT2D eigenvalue weighted by Crippen LogP contribution is 2.31. The van der Waals surface area contributed by atoms with Gasteiger partial charge in [0.1, 0.15) is 5.75 Å². The molecule has 11 heteroatoms. The molecule has 0 saturated heterocycles. The summed E-state index contributed by atoms with van der Waals surface area (Å²) in [6, 6.07) is 17.0. The molecule has 6 nitrogen and oxygen atoms in total. The highest BCUT2D eigenvalue weighted by Gasteiger charge is 2.31. The number of ether oxygens (including phenoxy) is 2. The molecular weight excluding hydrogens is 475 g/mol. The van der Waals surface area contributed by atoms with Gasteiger partial charge in [-0.1, -0.05) is 36.4 Å². The second-order valence-electron chi connectivity index (χ2n) is 6.89. The van der Waals surface area contributed by atoms with E-state index in [9.17, 15) is 31.5 Å². The lowest BCUT2D eigenvalue weighted by molar-refractivity contribution is -0.137. The number of benzene rings is 3. The van der Waals surface area contributed by atoms with E-state index in [0.717, 1.165) is 42.5 Å². The van der Waals surface area contributed by atoms with Gasteiger partial charge in [0.25, 0.3) is 5.91 Å². The van der Waals surface area contributed by atoms with Crippen molar-refractivity contribution in [2.45, 2.75) is 12.8 Å². The number of carbonyl (C=O) groups is 2. The molecule has 0 aromatic heterocycles. The average Bonchev–Trinajstić information content (AvgIpc) is 2.83. The molecule has 0 aliphatic carbocycles. The molecular formula is C24H17F5N2O4. The zero-order chi connectivity index (χ0) is 25.4. The van der Waals surface area contributed by atoms with Crippen LogP contribution in [-0.2, 0) is 15.7 Å². The predicted octanol–water partition coefficient (Wildman–Crippen LogP) is 5.53. The van der Waals surface area contributed by atoms with Crippen LogP contribution in [0.4, 0.5) is 27.6 Å². The van der Waals surface area contributed by atoms with Gasteiger partial charge in [0.2, 0.25) is 0 Å². The summed E-state index contributed by atoms with van der Waals surface area (Å²) in [7, 11) is 0. The number of hydrazone groups is 1. The lowest BCUT2D eigenvalue weighted by Gasteiger charge is -2.18. The van der Waals surface area contributed by atoms with Crippen molar-refractivity contribution in [3.63, 3.8) is 0 Å². The Labute approximate surface area is 196 Å². The molecule has 3 aromatic carbocycles. The van der Waals surface area contributed by atoms with E-state index < -0.39 is 36.8 Å². The normalized spacial score (nSPS) is 11.5. The SMILES string of the molecule is O=C(OCC(=O)N(N=Cc1ccccc1)c1cccc(C(F)(F)F)c1)c1ccc(OC(F)F)cc1. The highest BCUT2D eigenvalue weighted by atomic mass is 19.4. The summed E-state index contributed by atoms with van der Waals surface area (Å²) in [5.74, 6) is -2.07. The number of anilines is 1. The average molecular weight is 492 g/mol. The summed E-state index contributed by atoms with van der Waals surface area (Å²) in [6.07, 6.45) is -3.39. The molecule has 0 saturated carbocycles. The topological polar surface area (TPSA) is 68.2 Å². The Kier molecular flexibility index (Phi) is 8.13. The van der Waals surface area contributed by atoms with Crippen LogP contribution in [0.2, 0.25) is 0 Å². The van der Waals surface area contributed by atoms with Gasteiger partial charge < -0.3 is 9.47 Å². The van der Waals surface area contributed by atoms with Crippen LogP contribution in [0, 0.1) is 0 Å². The van der Waals surface area contributed by atoms with Crippen LogP contribution in [-0.4, -0.2) is 31.3 Å². The summed E-state index contributed by atoms with van der Waals surface area (Å²) < 4.78 is 73.1. The number of nitrogens with zero attached hydrogens (tertiary/aromatic N) is 2. The number of hydrogen-bond acceptors (Lipinski definition) is 5. The molecule has 0 unspecified atom stereocenters. The fraction of sp³-hybridized carbons (Fsp3) is 0.125. The maximum Gasteiger partial charge on any atom is 0.416 e. The Morgan fingerprint density at radius 1 is 0.943 bits per heavy atom. The second kappa shape index (κ2) is 11.2. The molecule has 3 aromatic rings. The maximum atomic E-state index is 13.2. The van der Waals surface area contributed by atoms with E-state index in [4.69, 9.17) is 4.74 Å². The molecule has 0 atom stereocenters. The largest absolute Gasteiger partial charge is 0.452 e. The zero-order valence-corrected chi connectivity index (χ0v) is 17.8. The van der Waals surface area contributed by atoms with Crippen molar-refractivity contribution < 1.29 is 41.0 Å². The second-order valence-corrected chi connectivity index (χ2v) is 6.89. The van der Waals surface area contributed by atoms with Crippen LogP contribution < -0.4 is 9.75 Å². The van der Waals surface area contributed by atoms with E-state index in [1.54, 1.807) is 30.3 Å². The Morgan fingerprint density at radius 3 is 2.26 bits per heavy atom. The number of halogens is 5. The number of alkyl halides is 5. The summed E-state index contributed by atoms with van der Waals surface area (Å²) in [6.45, 7) is -3.89. The van der Waals surface area contributed by atoms with Crippen LogP contribution in [0.3, 0.4) is 0 Å². The Hall–Kier alpha value is -4.28. The standard InChI is InChI=1S/C24H17F5N2O4/c25-23(26)35-20-11-9-17(10-12-20)22(33)34-15-21(32)31(30-14-16-5-2-1-3-6-16)19-8-4-7-18(13-19)24(27,28)29/h1-14,23H,15H2. The molecule has 0 bridgehead atoms. The van der Waals surface area contributed by atoms with E-state index >= 15 is 0 Å². The number of rotatable bonds is 8. The minimum atomic E-state index is -4.65. The van der Waals surface area contributed by atoms with E-state index in [-0.39, 0.29) is 17.0 Å². The molecule has 0 aliphatic rings. The molecule has 0 heterocycles. The summed E-state index contributed by atoms with van der Waals surface area (Å²) in [5, 5.41) is 4.68. The first-order valence-corrected chi connectivity index (χ1v) is 9.95. The Morgan fingerprint density at radius 2 is 1.63 bits per heavy atom. The molecule has 35 heavy (non-hydrogen) atoms. The maximum absolute atomic E-state index is 13.2. The van der Waals surface area contributed by atoms with Gasteiger partial charge in [-0.2, -0.15) is 32.1 Å². The number of amides is 1. The van der Waals surface area contributed by atoms with Gasteiger partial charge in [-0.05, 0) is 48.0 Å². The van der Waals surface area contributed by atoms with Crippen molar-refractivity contribution in [3.05, 3.63) is 95.6 Å². The van der Waals surface area contributed by atoms with Crippen LogP contribution in [0.15, 0.2) is 84.0 Å². The lowest BCUT2D eigenvalue weighted by Crippen LogP contribution is -2.31. The van der Waals surface area contributed by atoms with Gasteiger partial charge in [-0.15, -0.1) is 0 Å². The summed E-state index contributed by atoms with van der Waals surface area (Å²) in [5.41, 5.74) is -0.675. The van der Waals surface area contributed by atoms with Gasteiger partial charge in [0, 0.05) is 0 Å². The first-order valence-electron chi connectivity index (χ1n) is 9.95. The third kappa shape index (κ3) is 7.36. The molecule has 0 fully saturated rings. The summed E-state index contributed by atoms with van der Waals surface area (Å²) >= 11 is 0. The van der Waals surface area contributed by atoms with Crippen LogP contribution in [0.5, 0.6) is 5.75 Å². The van der Waals surface area contributed by atoms with Gasteiger partial charge >= 0.3 is 18.8 Å². The van der Waals surface area contributed by atoms with Crippen molar-refractivity contribution in [1.29, 1.82) is 0 Å². The first kappa shape index (κ1) is 25.3. The first-order chi connectivity index (χ1) is 16.6. The van der Waals surface area contributed by atoms with Gasteiger partial charge in [-0.25, -0.2) is 4.79 Å². The monoisotopic (exact) mass is 492 g/mol. The minimum absolute atomic E-state index is 0.0576. The molecule has 3 rings (SSSR count). The van der Waals surface area contributed by atoms with Crippen LogP contribution in [0.25, 0.3) is 0 Å². The zero-order valence-electron chi connectivity index (χ0n) is 17.8. The highest BCUT2D eigenvalue weighted by molar-refractivity contribution is 5.98. The summed E-state index contributed by atoms with van der Waals surface area (Å²) in [4.78, 5) is 25.0. The van der Waals surface area contributed by atoms with Crippen molar-refractivity contribution in [3.8, 4) is 5.75 Å². The van der Waals surface area contributed by atoms with Gasteiger partial charge in [-0.3, -0.25) is 4.79 Å². The molecule has 0 spiro atoms. The van der Waals surface area contributed by atoms with Crippen LogP contribution >= 0.6 is 0 Å². The Balaban J connectivity index is 1.77. The van der Waals surface area contributed by atoms with Crippen LogP contribution in [0.1, 0.15) is 21.5 Å². The van der Waals surface area contributed by atoms with E-state index in [0.29, 0.717) is 10.6 Å². The van der Waals surface area contributed by atoms with Gasteiger partial charge in [0.05, 0.1) is 23.0 Å².